The first kappa shape index (κ1) is 12.4. The standard InChI is InChI=1S/C14H17N3O/c1-10-5-4-6-13(11(10)2)18-9-12-7-17-14(15-3)8-16-12/h4-8H,9H2,1-3H3,(H,15,17). The molecule has 1 aromatic carbocycles. The Morgan fingerprint density at radius 1 is 1.17 bits per heavy atom. The number of rotatable bonds is 4. The smallest absolute Gasteiger partial charge is 0.144 e. The monoisotopic (exact) mass is 243 g/mol. The van der Waals surface area contributed by atoms with E-state index in [0.29, 0.717) is 6.61 Å². The van der Waals surface area contributed by atoms with Crippen LogP contribution in [0.1, 0.15) is 16.8 Å². The maximum absolute atomic E-state index is 5.75. The molecule has 0 atom stereocenters. The molecule has 1 heterocycles. The first-order chi connectivity index (χ1) is 8.70. The van der Waals surface area contributed by atoms with Crippen molar-refractivity contribution in [1.29, 1.82) is 0 Å². The summed E-state index contributed by atoms with van der Waals surface area (Å²) in [5, 5.41) is 2.93. The van der Waals surface area contributed by atoms with Crippen molar-refractivity contribution in [3.63, 3.8) is 0 Å². The fourth-order valence-corrected chi connectivity index (χ4v) is 1.59. The minimum Gasteiger partial charge on any atom is -0.487 e. The second kappa shape index (κ2) is 5.49. The van der Waals surface area contributed by atoms with Crippen LogP contribution in [0.4, 0.5) is 5.82 Å². The molecule has 94 valence electrons. The third-order valence-electron chi connectivity index (χ3n) is 2.89. The highest BCUT2D eigenvalue weighted by molar-refractivity contribution is 5.38. The van der Waals surface area contributed by atoms with Crippen molar-refractivity contribution < 1.29 is 4.74 Å². The Bertz CT molecular complexity index is 523. The van der Waals surface area contributed by atoms with Gasteiger partial charge >= 0.3 is 0 Å². The Labute approximate surface area is 107 Å². The molecular weight excluding hydrogens is 226 g/mol. The lowest BCUT2D eigenvalue weighted by Gasteiger charge is -2.10. The molecule has 0 saturated carbocycles. The molecule has 2 aromatic rings. The van der Waals surface area contributed by atoms with Crippen molar-refractivity contribution in [1.82, 2.24) is 9.97 Å². The number of benzene rings is 1. The Morgan fingerprint density at radius 2 is 2.00 bits per heavy atom. The number of anilines is 1. The van der Waals surface area contributed by atoms with E-state index in [1.807, 2.05) is 19.2 Å². The van der Waals surface area contributed by atoms with Crippen LogP contribution in [0.5, 0.6) is 5.75 Å². The fourth-order valence-electron chi connectivity index (χ4n) is 1.59. The Hall–Kier alpha value is -2.10. The lowest BCUT2D eigenvalue weighted by Crippen LogP contribution is -2.02. The first-order valence-corrected chi connectivity index (χ1v) is 5.88. The van der Waals surface area contributed by atoms with Crippen LogP contribution in [0.2, 0.25) is 0 Å². The summed E-state index contributed by atoms with van der Waals surface area (Å²) >= 11 is 0. The highest BCUT2D eigenvalue weighted by Gasteiger charge is 2.03. The molecule has 0 unspecified atom stereocenters. The van der Waals surface area contributed by atoms with Crippen molar-refractivity contribution in [2.45, 2.75) is 20.5 Å². The summed E-state index contributed by atoms with van der Waals surface area (Å²) in [6.45, 7) is 4.56. The van der Waals surface area contributed by atoms with Crippen LogP contribution in [0.25, 0.3) is 0 Å². The summed E-state index contributed by atoms with van der Waals surface area (Å²) < 4.78 is 5.75. The third-order valence-corrected chi connectivity index (χ3v) is 2.89. The number of hydrogen-bond donors (Lipinski definition) is 1. The molecule has 0 aliphatic carbocycles. The van der Waals surface area contributed by atoms with Crippen LogP contribution >= 0.6 is 0 Å². The lowest BCUT2D eigenvalue weighted by atomic mass is 10.1. The topological polar surface area (TPSA) is 47.0 Å². The van der Waals surface area contributed by atoms with Gasteiger partial charge in [-0.3, -0.25) is 4.98 Å². The van der Waals surface area contributed by atoms with Crippen LogP contribution in [0.3, 0.4) is 0 Å². The van der Waals surface area contributed by atoms with Crippen LogP contribution in [-0.2, 0) is 6.61 Å². The van der Waals surface area contributed by atoms with Crippen LogP contribution in [0.15, 0.2) is 30.6 Å². The van der Waals surface area contributed by atoms with Gasteiger partial charge in [0.15, 0.2) is 0 Å². The molecule has 0 bridgehead atoms. The van der Waals surface area contributed by atoms with E-state index >= 15 is 0 Å². The van der Waals surface area contributed by atoms with E-state index in [0.717, 1.165) is 22.8 Å². The van der Waals surface area contributed by atoms with Gasteiger partial charge in [0.25, 0.3) is 0 Å². The van der Waals surface area contributed by atoms with Gasteiger partial charge in [-0.25, -0.2) is 4.98 Å². The number of hydrogen-bond acceptors (Lipinski definition) is 4. The predicted octanol–water partition coefficient (Wildman–Crippen LogP) is 2.71. The minimum absolute atomic E-state index is 0.432. The van der Waals surface area contributed by atoms with E-state index in [-0.39, 0.29) is 0 Å². The van der Waals surface area contributed by atoms with Crippen molar-refractivity contribution in [2.75, 3.05) is 12.4 Å². The molecule has 1 aromatic heterocycles. The van der Waals surface area contributed by atoms with E-state index < -0.39 is 0 Å². The zero-order valence-corrected chi connectivity index (χ0v) is 10.9. The molecule has 0 fully saturated rings. The summed E-state index contributed by atoms with van der Waals surface area (Å²) in [4.78, 5) is 8.46. The van der Waals surface area contributed by atoms with Crippen LogP contribution < -0.4 is 10.1 Å². The minimum atomic E-state index is 0.432. The Morgan fingerprint density at radius 3 is 2.67 bits per heavy atom. The molecule has 0 radical (unpaired) electrons. The van der Waals surface area contributed by atoms with E-state index in [9.17, 15) is 0 Å². The van der Waals surface area contributed by atoms with Gasteiger partial charge in [-0.2, -0.15) is 0 Å². The quantitative estimate of drug-likeness (QED) is 0.897. The summed E-state index contributed by atoms with van der Waals surface area (Å²) in [6.07, 6.45) is 3.42. The number of ether oxygens (including phenoxy) is 1. The largest absolute Gasteiger partial charge is 0.487 e. The van der Waals surface area contributed by atoms with E-state index in [4.69, 9.17) is 4.74 Å². The van der Waals surface area contributed by atoms with E-state index in [1.165, 1.54) is 5.56 Å². The average Bonchev–Trinajstić information content (AvgIpc) is 2.41. The SMILES string of the molecule is CNc1cnc(COc2cccc(C)c2C)cn1. The summed E-state index contributed by atoms with van der Waals surface area (Å²) in [5.74, 6) is 1.65. The lowest BCUT2D eigenvalue weighted by molar-refractivity contribution is 0.298. The average molecular weight is 243 g/mol. The van der Waals surface area contributed by atoms with Gasteiger partial charge in [0.1, 0.15) is 18.2 Å². The first-order valence-electron chi connectivity index (χ1n) is 5.88. The zero-order valence-electron chi connectivity index (χ0n) is 10.9. The van der Waals surface area contributed by atoms with Gasteiger partial charge in [-0.05, 0) is 31.0 Å². The van der Waals surface area contributed by atoms with E-state index in [1.54, 1.807) is 12.4 Å². The molecule has 0 saturated heterocycles. The molecule has 4 heteroatoms. The maximum Gasteiger partial charge on any atom is 0.144 e. The highest BCUT2D eigenvalue weighted by atomic mass is 16.5. The normalized spacial score (nSPS) is 10.2. The van der Waals surface area contributed by atoms with E-state index in [2.05, 4.69) is 35.2 Å². The number of aromatic nitrogens is 2. The molecule has 0 aliphatic rings. The second-order valence-electron chi connectivity index (χ2n) is 4.13. The van der Waals surface area contributed by atoms with Gasteiger partial charge < -0.3 is 10.1 Å². The number of nitrogens with zero attached hydrogens (tertiary/aromatic N) is 2. The second-order valence-corrected chi connectivity index (χ2v) is 4.13. The molecule has 0 amide bonds. The van der Waals surface area contributed by atoms with Gasteiger partial charge in [-0.1, -0.05) is 12.1 Å². The molecule has 0 aliphatic heterocycles. The molecule has 1 N–H and O–H groups in total. The number of nitrogens with one attached hydrogen (secondary N) is 1. The molecule has 2 rings (SSSR count). The highest BCUT2D eigenvalue weighted by Crippen LogP contribution is 2.21. The Kier molecular flexibility index (Phi) is 3.77. The molecule has 18 heavy (non-hydrogen) atoms. The molecule has 0 spiro atoms. The summed E-state index contributed by atoms with van der Waals surface area (Å²) in [7, 11) is 1.82. The van der Waals surface area contributed by atoms with Crippen LogP contribution in [-0.4, -0.2) is 17.0 Å². The van der Waals surface area contributed by atoms with Crippen molar-refractivity contribution in [3.05, 3.63) is 47.4 Å². The molecular formula is C14H17N3O. The van der Waals surface area contributed by atoms with Gasteiger partial charge in [0, 0.05) is 7.05 Å². The van der Waals surface area contributed by atoms with Crippen molar-refractivity contribution in [2.24, 2.45) is 0 Å². The maximum atomic E-state index is 5.75. The molecule has 4 nitrogen and oxygen atoms in total. The predicted molar refractivity (Wildman–Crippen MR) is 71.8 cm³/mol. The third kappa shape index (κ3) is 2.77. The van der Waals surface area contributed by atoms with Crippen molar-refractivity contribution in [3.8, 4) is 5.75 Å². The Balaban J connectivity index is 2.04. The van der Waals surface area contributed by atoms with Gasteiger partial charge in [0.2, 0.25) is 0 Å². The summed E-state index contributed by atoms with van der Waals surface area (Å²) in [6, 6.07) is 6.04. The van der Waals surface area contributed by atoms with Gasteiger partial charge in [-0.15, -0.1) is 0 Å². The number of aryl methyl sites for hydroxylation is 1. The van der Waals surface area contributed by atoms with Crippen molar-refractivity contribution >= 4 is 5.82 Å². The summed E-state index contributed by atoms with van der Waals surface area (Å²) in [5.41, 5.74) is 3.20. The van der Waals surface area contributed by atoms with Gasteiger partial charge in [0.05, 0.1) is 18.1 Å². The zero-order chi connectivity index (χ0) is 13.0. The fraction of sp³-hybridized carbons (Fsp3) is 0.286. The van der Waals surface area contributed by atoms with Crippen LogP contribution in [0, 0.1) is 13.8 Å².